The molecule has 2 aliphatic rings. The highest BCUT2D eigenvalue weighted by molar-refractivity contribution is 6.29. The molecule has 0 aliphatic carbocycles. The van der Waals surface area contributed by atoms with Gasteiger partial charge in [0.05, 0.1) is 5.69 Å². The molecular formula is C20H30ClN3O. The van der Waals surface area contributed by atoms with Crippen molar-refractivity contribution in [3.05, 3.63) is 29.0 Å². The summed E-state index contributed by atoms with van der Waals surface area (Å²) < 4.78 is 0. The third-order valence-corrected chi connectivity index (χ3v) is 5.83. The molecule has 4 nitrogen and oxygen atoms in total. The maximum absolute atomic E-state index is 12.3. The third-order valence-electron chi connectivity index (χ3n) is 5.62. The fourth-order valence-corrected chi connectivity index (χ4v) is 4.45. The first-order chi connectivity index (χ1) is 12.0. The molecule has 3 rings (SSSR count). The van der Waals surface area contributed by atoms with Crippen molar-refractivity contribution in [3.63, 3.8) is 0 Å². The van der Waals surface area contributed by atoms with Crippen molar-refractivity contribution in [2.24, 2.45) is 11.3 Å². The van der Waals surface area contributed by atoms with Crippen molar-refractivity contribution in [1.82, 2.24) is 14.8 Å². The number of halogens is 1. The highest BCUT2D eigenvalue weighted by Gasteiger charge is 2.41. The van der Waals surface area contributed by atoms with Crippen molar-refractivity contribution in [1.29, 1.82) is 0 Å². The van der Waals surface area contributed by atoms with Crippen molar-refractivity contribution < 1.29 is 4.79 Å². The lowest BCUT2D eigenvalue weighted by Crippen LogP contribution is -2.54. The Hall–Kier alpha value is -1.13. The van der Waals surface area contributed by atoms with Gasteiger partial charge in [-0.2, -0.15) is 0 Å². The van der Waals surface area contributed by atoms with Gasteiger partial charge in [0.15, 0.2) is 0 Å². The number of pyridine rings is 1. The molecule has 138 valence electrons. The molecule has 1 spiro atoms. The van der Waals surface area contributed by atoms with Crippen LogP contribution in [0.2, 0.25) is 5.15 Å². The molecule has 2 saturated heterocycles. The van der Waals surface area contributed by atoms with Crippen LogP contribution >= 0.6 is 11.6 Å². The summed E-state index contributed by atoms with van der Waals surface area (Å²) in [6.45, 7) is 9.31. The van der Waals surface area contributed by atoms with Crippen LogP contribution in [0.5, 0.6) is 0 Å². The maximum atomic E-state index is 12.3. The third kappa shape index (κ3) is 4.95. The number of piperidine rings is 2. The minimum absolute atomic E-state index is 0.266. The average molecular weight is 364 g/mol. The standard InChI is InChI=1S/C20H30ClN3O/c1-16(2)8-12-24-15-20(10-7-19(24)25)9-4-11-23(14-20)13-17-5-3-6-18(21)22-17/h3,5-6,16H,4,7-15H2,1-2H3. The van der Waals surface area contributed by atoms with E-state index in [0.717, 1.165) is 51.3 Å². The predicted octanol–water partition coefficient (Wildman–Crippen LogP) is 3.99. The Bertz CT molecular complexity index is 606. The van der Waals surface area contributed by atoms with E-state index in [-0.39, 0.29) is 5.41 Å². The molecule has 1 amide bonds. The topological polar surface area (TPSA) is 36.4 Å². The van der Waals surface area contributed by atoms with E-state index in [1.165, 1.54) is 12.8 Å². The highest BCUT2D eigenvalue weighted by atomic mass is 35.5. The van der Waals surface area contributed by atoms with E-state index in [0.29, 0.717) is 23.4 Å². The van der Waals surface area contributed by atoms with Crippen molar-refractivity contribution >= 4 is 17.5 Å². The molecule has 0 bridgehead atoms. The van der Waals surface area contributed by atoms with Gasteiger partial charge in [0.1, 0.15) is 5.15 Å². The van der Waals surface area contributed by atoms with Crippen LogP contribution in [0, 0.1) is 11.3 Å². The smallest absolute Gasteiger partial charge is 0.222 e. The zero-order valence-corrected chi connectivity index (χ0v) is 16.3. The summed E-state index contributed by atoms with van der Waals surface area (Å²) in [5.41, 5.74) is 1.30. The zero-order chi connectivity index (χ0) is 17.9. The summed E-state index contributed by atoms with van der Waals surface area (Å²) in [4.78, 5) is 21.4. The summed E-state index contributed by atoms with van der Waals surface area (Å²) in [7, 11) is 0. The van der Waals surface area contributed by atoms with Crippen LogP contribution in [0.15, 0.2) is 18.2 Å². The van der Waals surface area contributed by atoms with E-state index in [1.54, 1.807) is 0 Å². The van der Waals surface area contributed by atoms with Crippen LogP contribution in [-0.4, -0.2) is 46.9 Å². The Kier molecular flexibility index (Phi) is 6.00. The Morgan fingerprint density at radius 1 is 1.28 bits per heavy atom. The van der Waals surface area contributed by atoms with Crippen LogP contribution in [0.4, 0.5) is 0 Å². The second-order valence-electron chi connectivity index (χ2n) is 8.26. The monoisotopic (exact) mass is 363 g/mol. The zero-order valence-electron chi connectivity index (χ0n) is 15.5. The van der Waals surface area contributed by atoms with Gasteiger partial charge in [0, 0.05) is 38.0 Å². The van der Waals surface area contributed by atoms with Crippen molar-refractivity contribution in [2.75, 3.05) is 26.2 Å². The van der Waals surface area contributed by atoms with Gasteiger partial charge in [0.2, 0.25) is 5.91 Å². The number of nitrogens with zero attached hydrogens (tertiary/aromatic N) is 3. The fourth-order valence-electron chi connectivity index (χ4n) is 4.27. The van der Waals surface area contributed by atoms with Gasteiger partial charge >= 0.3 is 0 Å². The minimum atomic E-state index is 0.266. The molecule has 2 aliphatic heterocycles. The molecule has 0 aromatic carbocycles. The fraction of sp³-hybridized carbons (Fsp3) is 0.700. The molecule has 1 atom stereocenters. The number of hydrogen-bond donors (Lipinski definition) is 0. The first kappa shape index (κ1) is 18.7. The minimum Gasteiger partial charge on any atom is -0.342 e. The normalized spacial score (nSPS) is 25.1. The van der Waals surface area contributed by atoms with E-state index in [4.69, 9.17) is 11.6 Å². The first-order valence-electron chi connectivity index (χ1n) is 9.57. The molecule has 25 heavy (non-hydrogen) atoms. The number of hydrogen-bond acceptors (Lipinski definition) is 3. The number of carbonyl (C=O) groups excluding carboxylic acids is 1. The number of likely N-dealkylation sites (tertiary alicyclic amines) is 2. The second-order valence-corrected chi connectivity index (χ2v) is 8.65. The van der Waals surface area contributed by atoms with E-state index >= 15 is 0 Å². The SMILES string of the molecule is CC(C)CCN1CC2(CCCN(Cc3cccc(Cl)n3)C2)CCC1=O. The van der Waals surface area contributed by atoms with Gasteiger partial charge < -0.3 is 4.90 Å². The number of amides is 1. The summed E-state index contributed by atoms with van der Waals surface area (Å²) in [5, 5.41) is 0.562. The van der Waals surface area contributed by atoms with Crippen LogP contribution in [-0.2, 0) is 11.3 Å². The Morgan fingerprint density at radius 3 is 2.88 bits per heavy atom. The maximum Gasteiger partial charge on any atom is 0.222 e. The molecule has 1 unspecified atom stereocenters. The Morgan fingerprint density at radius 2 is 2.12 bits per heavy atom. The van der Waals surface area contributed by atoms with Crippen molar-refractivity contribution in [3.8, 4) is 0 Å². The lowest BCUT2D eigenvalue weighted by molar-refractivity contribution is -0.139. The summed E-state index contributed by atoms with van der Waals surface area (Å²) in [6.07, 6.45) is 5.27. The quantitative estimate of drug-likeness (QED) is 0.742. The van der Waals surface area contributed by atoms with Crippen LogP contribution in [0.3, 0.4) is 0 Å². The number of carbonyl (C=O) groups is 1. The predicted molar refractivity (Wildman–Crippen MR) is 101 cm³/mol. The van der Waals surface area contributed by atoms with Gasteiger partial charge in [-0.05, 0) is 50.3 Å². The molecule has 2 fully saturated rings. The van der Waals surface area contributed by atoms with E-state index < -0.39 is 0 Å². The number of aromatic nitrogens is 1. The number of rotatable bonds is 5. The molecule has 3 heterocycles. The lowest BCUT2D eigenvalue weighted by atomic mass is 9.73. The summed E-state index contributed by atoms with van der Waals surface area (Å²) in [5.74, 6) is 0.988. The second kappa shape index (κ2) is 8.05. The largest absolute Gasteiger partial charge is 0.342 e. The molecule has 0 N–H and O–H groups in total. The molecule has 1 aromatic rings. The first-order valence-corrected chi connectivity index (χ1v) is 9.95. The van der Waals surface area contributed by atoms with Gasteiger partial charge in [-0.3, -0.25) is 9.69 Å². The van der Waals surface area contributed by atoms with Gasteiger partial charge in [-0.15, -0.1) is 0 Å². The van der Waals surface area contributed by atoms with Crippen LogP contribution < -0.4 is 0 Å². The Labute approximate surface area is 156 Å². The average Bonchev–Trinajstić information content (AvgIpc) is 2.56. The highest BCUT2D eigenvalue weighted by Crippen LogP contribution is 2.39. The van der Waals surface area contributed by atoms with Crippen molar-refractivity contribution in [2.45, 2.75) is 52.5 Å². The summed E-state index contributed by atoms with van der Waals surface area (Å²) in [6, 6.07) is 5.84. The van der Waals surface area contributed by atoms with Crippen LogP contribution in [0.1, 0.15) is 51.6 Å². The van der Waals surface area contributed by atoms with E-state index in [1.807, 2.05) is 18.2 Å². The van der Waals surface area contributed by atoms with E-state index in [9.17, 15) is 4.79 Å². The molecular weight excluding hydrogens is 334 g/mol. The van der Waals surface area contributed by atoms with Gasteiger partial charge in [0.25, 0.3) is 0 Å². The molecule has 0 radical (unpaired) electrons. The van der Waals surface area contributed by atoms with Gasteiger partial charge in [-0.25, -0.2) is 4.98 Å². The molecule has 1 aromatic heterocycles. The molecule has 0 saturated carbocycles. The van der Waals surface area contributed by atoms with E-state index in [2.05, 4.69) is 28.6 Å². The summed E-state index contributed by atoms with van der Waals surface area (Å²) >= 11 is 6.03. The van der Waals surface area contributed by atoms with Gasteiger partial charge in [-0.1, -0.05) is 31.5 Å². The van der Waals surface area contributed by atoms with Crippen LogP contribution in [0.25, 0.3) is 0 Å². The molecule has 5 heteroatoms. The Balaban J connectivity index is 1.63. The lowest BCUT2D eigenvalue weighted by Gasteiger charge is -2.48.